The average Bonchev–Trinajstić information content (AvgIpc) is 3.06. The standard InChI is InChI=1S/C20H22N4O/c21-20(25)23-10-8-15(9-11-23)12-16-4-3-5-17(13-16)24-14-22-18-6-1-2-7-19(18)24/h1-7,13-15H,8-12H2,(H2,21,25). The van der Waals surface area contributed by atoms with Crippen LogP contribution in [0.2, 0.25) is 0 Å². The number of likely N-dealkylation sites (tertiary alicyclic amines) is 1. The first-order valence-electron chi connectivity index (χ1n) is 8.76. The Kier molecular flexibility index (Phi) is 4.14. The molecule has 0 saturated carbocycles. The first-order valence-corrected chi connectivity index (χ1v) is 8.76. The highest BCUT2D eigenvalue weighted by Crippen LogP contribution is 2.24. The summed E-state index contributed by atoms with van der Waals surface area (Å²) in [6.07, 6.45) is 4.95. The van der Waals surface area contributed by atoms with Crippen LogP contribution in [0.3, 0.4) is 0 Å². The molecule has 128 valence electrons. The molecular weight excluding hydrogens is 312 g/mol. The predicted molar refractivity (Wildman–Crippen MR) is 98.7 cm³/mol. The van der Waals surface area contributed by atoms with Crippen molar-refractivity contribution in [3.8, 4) is 5.69 Å². The van der Waals surface area contributed by atoms with Crippen molar-refractivity contribution in [2.24, 2.45) is 11.7 Å². The largest absolute Gasteiger partial charge is 0.351 e. The third-order valence-corrected chi connectivity index (χ3v) is 5.09. The van der Waals surface area contributed by atoms with E-state index in [1.807, 2.05) is 24.5 Å². The number of nitrogens with zero attached hydrogens (tertiary/aromatic N) is 3. The number of aromatic nitrogens is 2. The molecule has 5 heteroatoms. The zero-order chi connectivity index (χ0) is 17.2. The number of primary amides is 1. The molecule has 1 aromatic heterocycles. The van der Waals surface area contributed by atoms with Crippen LogP contribution in [-0.2, 0) is 6.42 Å². The molecule has 1 aliphatic heterocycles. The summed E-state index contributed by atoms with van der Waals surface area (Å²) >= 11 is 0. The Labute approximate surface area is 147 Å². The number of carbonyl (C=O) groups excluding carboxylic acids is 1. The minimum atomic E-state index is -0.299. The SMILES string of the molecule is NC(=O)N1CCC(Cc2cccc(-n3cnc4ccccc43)c2)CC1. The lowest BCUT2D eigenvalue weighted by Gasteiger charge is -2.30. The first-order chi connectivity index (χ1) is 12.2. The van der Waals surface area contributed by atoms with Gasteiger partial charge in [0.25, 0.3) is 0 Å². The Hall–Kier alpha value is -2.82. The van der Waals surface area contributed by atoms with Gasteiger partial charge < -0.3 is 10.6 Å². The van der Waals surface area contributed by atoms with Gasteiger partial charge >= 0.3 is 6.03 Å². The van der Waals surface area contributed by atoms with Gasteiger partial charge in [-0.2, -0.15) is 0 Å². The van der Waals surface area contributed by atoms with Crippen molar-refractivity contribution in [1.82, 2.24) is 14.5 Å². The lowest BCUT2D eigenvalue weighted by Crippen LogP contribution is -2.41. The average molecular weight is 334 g/mol. The number of nitrogens with two attached hydrogens (primary N) is 1. The van der Waals surface area contributed by atoms with Gasteiger partial charge in [-0.1, -0.05) is 24.3 Å². The van der Waals surface area contributed by atoms with Crippen LogP contribution in [0.15, 0.2) is 54.9 Å². The van der Waals surface area contributed by atoms with E-state index >= 15 is 0 Å². The summed E-state index contributed by atoms with van der Waals surface area (Å²) in [6, 6.07) is 16.5. The second kappa shape index (κ2) is 6.59. The van der Waals surface area contributed by atoms with Gasteiger partial charge in [-0.05, 0) is 55.0 Å². The van der Waals surface area contributed by atoms with E-state index in [1.54, 1.807) is 4.90 Å². The molecule has 1 aliphatic rings. The summed E-state index contributed by atoms with van der Waals surface area (Å²) in [6.45, 7) is 1.54. The van der Waals surface area contributed by atoms with E-state index in [0.29, 0.717) is 5.92 Å². The van der Waals surface area contributed by atoms with Crippen LogP contribution in [0.1, 0.15) is 18.4 Å². The molecule has 0 atom stereocenters. The van der Waals surface area contributed by atoms with E-state index in [0.717, 1.165) is 49.1 Å². The van der Waals surface area contributed by atoms with Gasteiger partial charge in [0.15, 0.2) is 0 Å². The van der Waals surface area contributed by atoms with Gasteiger partial charge in [0.05, 0.1) is 11.0 Å². The van der Waals surface area contributed by atoms with E-state index in [1.165, 1.54) is 5.56 Å². The van der Waals surface area contributed by atoms with Gasteiger partial charge in [0.1, 0.15) is 6.33 Å². The van der Waals surface area contributed by atoms with Crippen LogP contribution in [0, 0.1) is 5.92 Å². The number of fused-ring (bicyclic) bond motifs is 1. The lowest BCUT2D eigenvalue weighted by atomic mass is 9.90. The summed E-state index contributed by atoms with van der Waals surface area (Å²) in [7, 11) is 0. The zero-order valence-corrected chi connectivity index (χ0v) is 14.1. The second-order valence-corrected chi connectivity index (χ2v) is 6.75. The molecule has 2 N–H and O–H groups in total. The summed E-state index contributed by atoms with van der Waals surface area (Å²) < 4.78 is 2.13. The van der Waals surface area contributed by atoms with E-state index in [4.69, 9.17) is 5.73 Å². The Morgan fingerprint density at radius 1 is 1.12 bits per heavy atom. The third-order valence-electron chi connectivity index (χ3n) is 5.09. The molecule has 2 aromatic carbocycles. The maximum atomic E-state index is 11.2. The van der Waals surface area contributed by atoms with Crippen molar-refractivity contribution >= 4 is 17.1 Å². The van der Waals surface area contributed by atoms with Crippen molar-refractivity contribution < 1.29 is 4.79 Å². The lowest BCUT2D eigenvalue weighted by molar-refractivity contribution is 0.179. The number of amides is 2. The third kappa shape index (κ3) is 3.22. The van der Waals surface area contributed by atoms with Gasteiger partial charge in [-0.25, -0.2) is 9.78 Å². The van der Waals surface area contributed by atoms with Crippen LogP contribution < -0.4 is 5.73 Å². The highest BCUT2D eigenvalue weighted by molar-refractivity contribution is 5.77. The van der Waals surface area contributed by atoms with Crippen LogP contribution in [-0.4, -0.2) is 33.6 Å². The Balaban J connectivity index is 1.51. The van der Waals surface area contributed by atoms with Gasteiger partial charge in [-0.3, -0.25) is 4.57 Å². The van der Waals surface area contributed by atoms with Crippen molar-refractivity contribution in [2.75, 3.05) is 13.1 Å². The number of hydrogen-bond acceptors (Lipinski definition) is 2. The van der Waals surface area contributed by atoms with Crippen LogP contribution in [0.25, 0.3) is 16.7 Å². The molecule has 1 saturated heterocycles. The number of imidazole rings is 1. The molecule has 2 heterocycles. The molecule has 0 spiro atoms. The van der Waals surface area contributed by atoms with E-state index in [2.05, 4.69) is 39.9 Å². The highest BCUT2D eigenvalue weighted by Gasteiger charge is 2.21. The molecule has 2 amide bonds. The normalized spacial score (nSPS) is 15.6. The zero-order valence-electron chi connectivity index (χ0n) is 14.1. The Morgan fingerprint density at radius 2 is 1.92 bits per heavy atom. The van der Waals surface area contributed by atoms with Crippen molar-refractivity contribution in [3.05, 3.63) is 60.4 Å². The predicted octanol–water partition coefficient (Wildman–Crippen LogP) is 3.36. The Morgan fingerprint density at radius 3 is 2.72 bits per heavy atom. The van der Waals surface area contributed by atoms with Crippen LogP contribution in [0.5, 0.6) is 0 Å². The molecular formula is C20H22N4O. The molecule has 0 aliphatic carbocycles. The van der Waals surface area contributed by atoms with Gasteiger partial charge in [-0.15, -0.1) is 0 Å². The minimum absolute atomic E-state index is 0.299. The number of hydrogen-bond donors (Lipinski definition) is 1. The summed E-state index contributed by atoms with van der Waals surface area (Å²) in [4.78, 5) is 17.5. The minimum Gasteiger partial charge on any atom is -0.351 e. The molecule has 5 nitrogen and oxygen atoms in total. The van der Waals surface area contributed by atoms with Crippen molar-refractivity contribution in [2.45, 2.75) is 19.3 Å². The maximum Gasteiger partial charge on any atom is 0.314 e. The fourth-order valence-electron chi connectivity index (χ4n) is 3.69. The number of para-hydroxylation sites is 2. The highest BCUT2D eigenvalue weighted by atomic mass is 16.2. The van der Waals surface area contributed by atoms with Crippen LogP contribution in [0.4, 0.5) is 4.79 Å². The molecule has 25 heavy (non-hydrogen) atoms. The fraction of sp³-hybridized carbons (Fsp3) is 0.300. The fourth-order valence-corrected chi connectivity index (χ4v) is 3.69. The first kappa shape index (κ1) is 15.7. The van der Waals surface area contributed by atoms with Crippen LogP contribution >= 0.6 is 0 Å². The number of carbonyl (C=O) groups is 1. The summed E-state index contributed by atoms with van der Waals surface area (Å²) in [5, 5.41) is 0. The number of benzene rings is 2. The molecule has 0 bridgehead atoms. The topological polar surface area (TPSA) is 64.2 Å². The van der Waals surface area contributed by atoms with Crippen molar-refractivity contribution in [3.63, 3.8) is 0 Å². The van der Waals surface area contributed by atoms with E-state index < -0.39 is 0 Å². The van der Waals surface area contributed by atoms with E-state index in [9.17, 15) is 4.79 Å². The van der Waals surface area contributed by atoms with Gasteiger partial charge in [0.2, 0.25) is 0 Å². The summed E-state index contributed by atoms with van der Waals surface area (Å²) in [5.74, 6) is 0.602. The van der Waals surface area contributed by atoms with Gasteiger partial charge in [0, 0.05) is 18.8 Å². The number of piperidine rings is 1. The maximum absolute atomic E-state index is 11.2. The van der Waals surface area contributed by atoms with E-state index in [-0.39, 0.29) is 6.03 Å². The molecule has 1 fully saturated rings. The quantitative estimate of drug-likeness (QED) is 0.798. The smallest absolute Gasteiger partial charge is 0.314 e. The monoisotopic (exact) mass is 334 g/mol. The Bertz CT molecular complexity index is 893. The molecule has 0 unspecified atom stereocenters. The number of rotatable bonds is 3. The molecule has 3 aromatic rings. The molecule has 4 rings (SSSR count). The molecule has 0 radical (unpaired) electrons. The number of urea groups is 1. The van der Waals surface area contributed by atoms with Crippen molar-refractivity contribution in [1.29, 1.82) is 0 Å². The summed E-state index contributed by atoms with van der Waals surface area (Å²) in [5.41, 5.74) is 9.96. The second-order valence-electron chi connectivity index (χ2n) is 6.75.